The van der Waals surface area contributed by atoms with Crippen LogP contribution in [0.15, 0.2) is 48.5 Å². The Morgan fingerprint density at radius 2 is 1.60 bits per heavy atom. The number of hydrogen-bond acceptors (Lipinski definition) is 11. The normalized spacial score (nSPS) is 11.1. The summed E-state index contributed by atoms with van der Waals surface area (Å²) in [6, 6.07) is 12.1. The van der Waals surface area contributed by atoms with Crippen molar-refractivity contribution in [2.24, 2.45) is 0 Å². The van der Waals surface area contributed by atoms with Crippen LogP contribution >= 0.6 is 0 Å². The van der Waals surface area contributed by atoms with Crippen molar-refractivity contribution in [1.82, 2.24) is 5.32 Å². The number of esters is 2. The van der Waals surface area contributed by atoms with E-state index in [1.54, 1.807) is 40.7 Å². The number of halogens is 1. The molecule has 286 valence electrons. The molecule has 13 nitrogen and oxygen atoms in total. The van der Waals surface area contributed by atoms with Gasteiger partial charge in [-0.25, -0.2) is 9.18 Å². The molecule has 3 rings (SSSR count). The molecule has 0 saturated heterocycles. The highest BCUT2D eigenvalue weighted by Gasteiger charge is 2.22. The molecule has 53 heavy (non-hydrogen) atoms. The lowest BCUT2D eigenvalue weighted by Crippen LogP contribution is -2.32. The molecule has 4 N–H and O–H groups in total. The number of anilines is 2. The van der Waals surface area contributed by atoms with Crippen molar-refractivity contribution in [3.05, 3.63) is 82.2 Å². The van der Waals surface area contributed by atoms with Crippen LogP contribution in [-0.4, -0.2) is 54.7 Å². The van der Waals surface area contributed by atoms with Crippen molar-refractivity contribution >= 4 is 41.1 Å². The molecule has 0 aliphatic heterocycles. The number of alkyl carbamates (subject to hydrolysis) is 1. The fourth-order valence-corrected chi connectivity index (χ4v) is 5.03. The first-order chi connectivity index (χ1) is 24.8. The van der Waals surface area contributed by atoms with E-state index in [0.29, 0.717) is 33.7 Å². The zero-order valence-electron chi connectivity index (χ0n) is 31.7. The number of carbonyl (C=O) groups is 4. The quantitative estimate of drug-likeness (QED) is 0.0537. The smallest absolute Gasteiger partial charge is 0.413 e. The third-order valence-electron chi connectivity index (χ3n) is 7.17. The standard InChI is InChI=1S/C39H49FN4O9/c1-22(2)51-33-17-25(21-50-24(5)45)16-27(29(33)14-15-35(46)53-39(6,7)8)20-42-32-19-34(49-9)31(40)18-30(32)37(47)43-28-12-10-26(11-13-28)36(41)44-38(48)52-23(3)4/h10-13,16-19,22-23,42H,14-15,20-21H2,1-9H3,(H,43,47)(H2,41,44,48). The molecule has 3 aromatic rings. The van der Waals surface area contributed by atoms with Gasteiger partial charge in [-0.15, -0.1) is 0 Å². The predicted octanol–water partition coefficient (Wildman–Crippen LogP) is 7.28. The van der Waals surface area contributed by atoms with Gasteiger partial charge in [0, 0.05) is 37.2 Å². The summed E-state index contributed by atoms with van der Waals surface area (Å²) in [5.74, 6) is -2.07. The number of methoxy groups -OCH3 is 1. The molecule has 0 bridgehead atoms. The lowest BCUT2D eigenvalue weighted by Gasteiger charge is -2.22. The zero-order chi connectivity index (χ0) is 39.5. The van der Waals surface area contributed by atoms with Gasteiger partial charge in [0.25, 0.3) is 5.91 Å². The lowest BCUT2D eigenvalue weighted by molar-refractivity contribution is -0.154. The van der Waals surface area contributed by atoms with Crippen molar-refractivity contribution in [2.45, 2.75) is 99.2 Å². The first-order valence-corrected chi connectivity index (χ1v) is 17.1. The number of carbonyl (C=O) groups excluding carboxylic acids is 4. The summed E-state index contributed by atoms with van der Waals surface area (Å²) in [5.41, 5.74) is 2.24. The van der Waals surface area contributed by atoms with Gasteiger partial charge >= 0.3 is 18.0 Å². The molecule has 0 saturated carbocycles. The topological polar surface area (TPSA) is 174 Å². The summed E-state index contributed by atoms with van der Waals surface area (Å²) in [6.45, 7) is 13.8. The average molecular weight is 737 g/mol. The molecule has 14 heteroatoms. The van der Waals surface area contributed by atoms with Crippen molar-refractivity contribution < 1.29 is 47.3 Å². The molecule has 0 atom stereocenters. The lowest BCUT2D eigenvalue weighted by atomic mass is 9.98. The van der Waals surface area contributed by atoms with Gasteiger partial charge in [0.2, 0.25) is 0 Å². The number of rotatable bonds is 15. The summed E-state index contributed by atoms with van der Waals surface area (Å²) in [5, 5.41) is 16.4. The van der Waals surface area contributed by atoms with E-state index in [2.05, 4.69) is 16.0 Å². The van der Waals surface area contributed by atoms with E-state index in [9.17, 15) is 19.2 Å². The second-order valence-corrected chi connectivity index (χ2v) is 13.6. The minimum atomic E-state index is -0.765. The molecule has 0 aliphatic carbocycles. The Balaban J connectivity index is 1.95. The molecule has 0 spiro atoms. The van der Waals surface area contributed by atoms with Crippen LogP contribution in [0.2, 0.25) is 0 Å². The Morgan fingerprint density at radius 1 is 0.925 bits per heavy atom. The van der Waals surface area contributed by atoms with Crippen LogP contribution in [0.4, 0.5) is 20.6 Å². The number of ether oxygens (including phenoxy) is 5. The highest BCUT2D eigenvalue weighted by Crippen LogP contribution is 2.32. The fourth-order valence-electron chi connectivity index (χ4n) is 5.03. The van der Waals surface area contributed by atoms with Gasteiger partial charge in [-0.05, 0) is 108 Å². The minimum Gasteiger partial charge on any atom is -0.494 e. The number of nitrogens with one attached hydrogen (secondary N) is 4. The van der Waals surface area contributed by atoms with Crippen LogP contribution in [0, 0.1) is 11.2 Å². The molecule has 0 radical (unpaired) electrons. The van der Waals surface area contributed by atoms with Gasteiger partial charge in [-0.2, -0.15) is 0 Å². The first-order valence-electron chi connectivity index (χ1n) is 17.1. The number of amides is 2. The number of amidine groups is 1. The Hall–Kier alpha value is -5.66. The van der Waals surface area contributed by atoms with Crippen LogP contribution in [0.3, 0.4) is 0 Å². The van der Waals surface area contributed by atoms with Crippen molar-refractivity contribution in [2.75, 3.05) is 17.7 Å². The van der Waals surface area contributed by atoms with Crippen molar-refractivity contribution in [1.29, 1.82) is 5.41 Å². The second-order valence-electron chi connectivity index (χ2n) is 13.6. The third-order valence-corrected chi connectivity index (χ3v) is 7.17. The highest BCUT2D eigenvalue weighted by atomic mass is 19.1. The number of benzene rings is 3. The zero-order valence-corrected chi connectivity index (χ0v) is 31.7. The predicted molar refractivity (Wildman–Crippen MR) is 198 cm³/mol. The Kier molecular flexibility index (Phi) is 14.7. The van der Waals surface area contributed by atoms with Crippen LogP contribution < -0.4 is 25.4 Å². The van der Waals surface area contributed by atoms with E-state index in [1.165, 1.54) is 44.4 Å². The molecule has 0 aliphatic rings. The summed E-state index contributed by atoms with van der Waals surface area (Å²) in [4.78, 5) is 49.9. The van der Waals surface area contributed by atoms with Crippen LogP contribution in [0.1, 0.15) is 94.4 Å². The van der Waals surface area contributed by atoms with Gasteiger partial charge < -0.3 is 34.3 Å². The molecule has 0 aromatic heterocycles. The van der Waals surface area contributed by atoms with Crippen LogP contribution in [-0.2, 0) is 43.4 Å². The fraction of sp³-hybridized carbons (Fsp3) is 0.410. The van der Waals surface area contributed by atoms with Gasteiger partial charge in [0.05, 0.1) is 30.6 Å². The van der Waals surface area contributed by atoms with E-state index >= 15 is 4.39 Å². The number of hydrogen-bond donors (Lipinski definition) is 4. The maximum Gasteiger partial charge on any atom is 0.413 e. The van der Waals surface area contributed by atoms with E-state index in [1.807, 2.05) is 19.9 Å². The van der Waals surface area contributed by atoms with Crippen molar-refractivity contribution in [3.8, 4) is 11.5 Å². The maximum absolute atomic E-state index is 15.0. The highest BCUT2D eigenvalue weighted by molar-refractivity contribution is 6.09. The molecule has 2 amide bonds. The summed E-state index contributed by atoms with van der Waals surface area (Å²) >= 11 is 0. The third kappa shape index (κ3) is 13.4. The van der Waals surface area contributed by atoms with Crippen molar-refractivity contribution in [3.63, 3.8) is 0 Å². The Labute approximate surface area is 309 Å². The molecule has 0 heterocycles. The molecular formula is C39H49FN4O9. The largest absolute Gasteiger partial charge is 0.494 e. The van der Waals surface area contributed by atoms with Crippen LogP contribution in [0.5, 0.6) is 11.5 Å². The van der Waals surface area contributed by atoms with Gasteiger partial charge in [-0.3, -0.25) is 25.1 Å². The van der Waals surface area contributed by atoms with Gasteiger partial charge in [0.1, 0.15) is 23.8 Å². The van der Waals surface area contributed by atoms with E-state index in [-0.39, 0.29) is 61.0 Å². The minimum absolute atomic E-state index is 0.0302. The maximum atomic E-state index is 15.0. The molecular weight excluding hydrogens is 687 g/mol. The summed E-state index contributed by atoms with van der Waals surface area (Å²) in [7, 11) is 1.31. The van der Waals surface area contributed by atoms with Gasteiger partial charge in [-0.1, -0.05) is 6.07 Å². The summed E-state index contributed by atoms with van der Waals surface area (Å²) < 4.78 is 42.2. The SMILES string of the molecule is COc1cc(NCc2cc(COC(C)=O)cc(OC(C)C)c2CCC(=O)OC(C)(C)C)c(C(=O)Nc2ccc(C(=N)NC(=O)OC(C)C)cc2)cc1F. The molecule has 0 unspecified atom stereocenters. The monoisotopic (exact) mass is 736 g/mol. The summed E-state index contributed by atoms with van der Waals surface area (Å²) in [6.07, 6.45) is -1.05. The van der Waals surface area contributed by atoms with E-state index < -0.39 is 35.4 Å². The Bertz CT molecular complexity index is 1800. The molecule has 0 fully saturated rings. The van der Waals surface area contributed by atoms with E-state index in [0.717, 1.165) is 6.07 Å². The second kappa shape index (κ2) is 18.7. The first kappa shape index (κ1) is 41.8. The Morgan fingerprint density at radius 3 is 2.19 bits per heavy atom. The van der Waals surface area contributed by atoms with Crippen LogP contribution in [0.25, 0.3) is 0 Å². The molecule has 3 aromatic carbocycles. The van der Waals surface area contributed by atoms with E-state index in [4.69, 9.17) is 29.1 Å². The average Bonchev–Trinajstić information content (AvgIpc) is 3.04. The van der Waals surface area contributed by atoms with Gasteiger partial charge in [0.15, 0.2) is 11.6 Å².